The second-order valence-corrected chi connectivity index (χ2v) is 11.1. The normalized spacial score (nSPS) is 22.8. The van der Waals surface area contributed by atoms with Gasteiger partial charge in [0.1, 0.15) is 5.82 Å². The van der Waals surface area contributed by atoms with E-state index >= 15 is 0 Å². The molecule has 0 unspecified atom stereocenters. The Bertz CT molecular complexity index is 1460. The number of nitrogens with zero attached hydrogens (tertiary/aromatic N) is 2. The number of nitrogens with one attached hydrogen (secondary N) is 1. The zero-order valence-electron chi connectivity index (χ0n) is 20.8. The number of carboxylic acid groups (broad SMARTS) is 1. The van der Waals surface area contributed by atoms with Crippen molar-refractivity contribution in [3.8, 4) is 5.69 Å². The van der Waals surface area contributed by atoms with Crippen LogP contribution in [0.3, 0.4) is 0 Å². The van der Waals surface area contributed by atoms with Crippen LogP contribution in [0.4, 0.5) is 4.39 Å². The van der Waals surface area contributed by atoms with Crippen molar-refractivity contribution in [2.24, 2.45) is 11.3 Å². The molecule has 3 heterocycles. The third kappa shape index (κ3) is 3.90. The SMILES string of the molecule is Cc1cc(-n2c(C3CCOCC3)c(CCC3(C)CC(C(=O)O)C3)c3cc4[nH]ncc4cc32)ccc1F. The van der Waals surface area contributed by atoms with Crippen LogP contribution in [-0.2, 0) is 16.0 Å². The van der Waals surface area contributed by atoms with Crippen LogP contribution in [0.1, 0.15) is 61.8 Å². The molecule has 6 rings (SSSR count). The van der Waals surface area contributed by atoms with Gasteiger partial charge in [-0.25, -0.2) is 4.39 Å². The summed E-state index contributed by atoms with van der Waals surface area (Å²) in [5.74, 6) is -0.770. The molecular weight excluding hydrogens is 457 g/mol. The van der Waals surface area contributed by atoms with E-state index in [2.05, 4.69) is 33.8 Å². The van der Waals surface area contributed by atoms with Gasteiger partial charge in [-0.3, -0.25) is 9.89 Å². The molecule has 0 amide bonds. The zero-order chi connectivity index (χ0) is 25.0. The Labute approximate surface area is 209 Å². The molecule has 4 aromatic rings. The minimum absolute atomic E-state index is 0.0367. The maximum Gasteiger partial charge on any atom is 0.306 e. The minimum atomic E-state index is -0.680. The number of fused-ring (bicyclic) bond motifs is 2. The Kier molecular flexibility index (Phi) is 5.63. The molecule has 0 atom stereocenters. The van der Waals surface area contributed by atoms with E-state index in [1.54, 1.807) is 6.07 Å². The van der Waals surface area contributed by atoms with E-state index in [4.69, 9.17) is 4.74 Å². The van der Waals surface area contributed by atoms with Crippen LogP contribution in [-0.4, -0.2) is 39.1 Å². The van der Waals surface area contributed by atoms with Gasteiger partial charge in [0, 0.05) is 41.3 Å². The highest BCUT2D eigenvalue weighted by atomic mass is 19.1. The van der Waals surface area contributed by atoms with Crippen molar-refractivity contribution in [1.29, 1.82) is 0 Å². The average molecular weight is 490 g/mol. The maximum atomic E-state index is 14.3. The highest BCUT2D eigenvalue weighted by Crippen LogP contribution is 2.50. The van der Waals surface area contributed by atoms with Gasteiger partial charge in [0.05, 0.1) is 23.1 Å². The standard InChI is InChI=1S/C29H32FN3O3/c1-17-11-21(3-4-24(17)30)33-26-12-19-16-31-32-25(19)13-23(26)22(27(33)18-6-9-36-10-7-18)5-8-29(2)14-20(15-29)28(34)35/h3-4,11-13,16,18,20H,5-10,14-15H2,1-2H3,(H,31,32)(H,34,35). The number of H-pyrrole nitrogens is 1. The fraction of sp³-hybridized carbons (Fsp3) is 0.448. The van der Waals surface area contributed by atoms with Crippen LogP contribution >= 0.6 is 0 Å². The lowest BCUT2D eigenvalue weighted by Gasteiger charge is -2.43. The van der Waals surface area contributed by atoms with Gasteiger partial charge in [0.25, 0.3) is 0 Å². The summed E-state index contributed by atoms with van der Waals surface area (Å²) < 4.78 is 22.3. The number of benzene rings is 2. The average Bonchev–Trinajstić information content (AvgIpc) is 3.43. The molecule has 2 fully saturated rings. The minimum Gasteiger partial charge on any atom is -0.481 e. The summed E-state index contributed by atoms with van der Waals surface area (Å²) in [5.41, 5.74) is 6.34. The fourth-order valence-corrected chi connectivity index (χ4v) is 6.45. The number of halogens is 1. The van der Waals surface area contributed by atoms with Crippen LogP contribution in [0.2, 0.25) is 0 Å². The monoisotopic (exact) mass is 489 g/mol. The number of aromatic nitrogens is 3. The van der Waals surface area contributed by atoms with Gasteiger partial charge >= 0.3 is 5.97 Å². The molecule has 0 bridgehead atoms. The third-order valence-corrected chi connectivity index (χ3v) is 8.49. The fourth-order valence-electron chi connectivity index (χ4n) is 6.45. The first kappa shape index (κ1) is 23.2. The summed E-state index contributed by atoms with van der Waals surface area (Å²) in [5, 5.41) is 19.0. The summed E-state index contributed by atoms with van der Waals surface area (Å²) in [7, 11) is 0. The lowest BCUT2D eigenvalue weighted by molar-refractivity contribution is -0.149. The van der Waals surface area contributed by atoms with Crippen molar-refractivity contribution in [2.45, 2.75) is 58.3 Å². The first-order chi connectivity index (χ1) is 17.3. The number of carboxylic acids is 1. The number of carbonyl (C=O) groups is 1. The van der Waals surface area contributed by atoms with E-state index in [-0.39, 0.29) is 17.2 Å². The topological polar surface area (TPSA) is 80.1 Å². The quantitative estimate of drug-likeness (QED) is 0.334. The van der Waals surface area contributed by atoms with E-state index in [9.17, 15) is 14.3 Å². The number of ether oxygens (including phenoxy) is 1. The van der Waals surface area contributed by atoms with Crippen LogP contribution in [0.5, 0.6) is 0 Å². The number of hydrogen-bond donors (Lipinski definition) is 2. The Hall–Kier alpha value is -3.19. The predicted octanol–water partition coefficient (Wildman–Crippen LogP) is 6.28. The molecule has 2 aromatic carbocycles. The first-order valence-electron chi connectivity index (χ1n) is 12.9. The highest BCUT2D eigenvalue weighted by Gasteiger charge is 2.43. The maximum absolute atomic E-state index is 14.3. The summed E-state index contributed by atoms with van der Waals surface area (Å²) in [4.78, 5) is 11.4. The van der Waals surface area contributed by atoms with E-state index in [0.717, 1.165) is 73.8 Å². The van der Waals surface area contributed by atoms with Crippen molar-refractivity contribution in [1.82, 2.24) is 14.8 Å². The summed E-state index contributed by atoms with van der Waals surface area (Å²) >= 11 is 0. The Morgan fingerprint density at radius 2 is 2.03 bits per heavy atom. The van der Waals surface area contributed by atoms with E-state index in [1.807, 2.05) is 25.3 Å². The molecule has 2 aliphatic rings. The molecule has 7 heteroatoms. The molecule has 1 aliphatic heterocycles. The summed E-state index contributed by atoms with van der Waals surface area (Å²) in [6.45, 7) is 5.49. The van der Waals surface area contributed by atoms with Gasteiger partial charge in [-0.15, -0.1) is 0 Å². The van der Waals surface area contributed by atoms with Crippen molar-refractivity contribution in [3.05, 3.63) is 59.2 Å². The van der Waals surface area contributed by atoms with Crippen molar-refractivity contribution < 1.29 is 19.0 Å². The Morgan fingerprint density at radius 1 is 1.25 bits per heavy atom. The molecule has 188 valence electrons. The molecule has 1 saturated heterocycles. The Balaban J connectivity index is 1.53. The van der Waals surface area contributed by atoms with Crippen molar-refractivity contribution in [3.63, 3.8) is 0 Å². The highest BCUT2D eigenvalue weighted by molar-refractivity contribution is 5.98. The van der Waals surface area contributed by atoms with Gasteiger partial charge in [-0.2, -0.15) is 5.10 Å². The Morgan fingerprint density at radius 3 is 2.75 bits per heavy atom. The number of hydrogen-bond acceptors (Lipinski definition) is 3. The molecule has 0 radical (unpaired) electrons. The lowest BCUT2D eigenvalue weighted by atomic mass is 9.61. The van der Waals surface area contributed by atoms with Gasteiger partial charge in [-0.1, -0.05) is 6.92 Å². The lowest BCUT2D eigenvalue weighted by Crippen LogP contribution is -2.39. The van der Waals surface area contributed by atoms with Crippen molar-refractivity contribution >= 4 is 27.8 Å². The van der Waals surface area contributed by atoms with E-state index in [1.165, 1.54) is 16.6 Å². The number of rotatable bonds is 6. The summed E-state index contributed by atoms with van der Waals surface area (Å²) in [6, 6.07) is 9.75. The first-order valence-corrected chi connectivity index (χ1v) is 12.9. The van der Waals surface area contributed by atoms with Crippen LogP contribution < -0.4 is 0 Å². The van der Waals surface area contributed by atoms with Crippen molar-refractivity contribution in [2.75, 3.05) is 13.2 Å². The molecule has 2 N–H and O–H groups in total. The molecule has 2 aromatic heterocycles. The van der Waals surface area contributed by atoms with Gasteiger partial charge < -0.3 is 14.4 Å². The largest absolute Gasteiger partial charge is 0.481 e. The van der Waals surface area contributed by atoms with Gasteiger partial charge in [0.15, 0.2) is 0 Å². The molecular formula is C29H32FN3O3. The molecule has 6 nitrogen and oxygen atoms in total. The zero-order valence-corrected chi connectivity index (χ0v) is 20.8. The van der Waals surface area contributed by atoms with Crippen LogP contribution in [0.25, 0.3) is 27.5 Å². The third-order valence-electron chi connectivity index (χ3n) is 8.49. The summed E-state index contributed by atoms with van der Waals surface area (Å²) in [6.07, 6.45) is 7.01. The number of aromatic amines is 1. The predicted molar refractivity (Wildman–Crippen MR) is 137 cm³/mol. The molecule has 0 spiro atoms. The van der Waals surface area contributed by atoms with Crippen LogP contribution in [0, 0.1) is 24.1 Å². The molecule has 1 aliphatic carbocycles. The van der Waals surface area contributed by atoms with Gasteiger partial charge in [-0.05, 0) is 92.3 Å². The number of aryl methyl sites for hydroxylation is 2. The second kappa shape index (κ2) is 8.73. The van der Waals surface area contributed by atoms with Crippen LogP contribution in [0.15, 0.2) is 36.5 Å². The van der Waals surface area contributed by atoms with Gasteiger partial charge in [0.2, 0.25) is 0 Å². The van der Waals surface area contributed by atoms with E-state index < -0.39 is 5.97 Å². The molecule has 1 saturated carbocycles. The van der Waals surface area contributed by atoms with E-state index in [0.29, 0.717) is 11.5 Å². The number of aliphatic carboxylic acids is 1. The second-order valence-electron chi connectivity index (χ2n) is 11.1. The molecule has 36 heavy (non-hydrogen) atoms. The smallest absolute Gasteiger partial charge is 0.306 e.